The maximum Gasteiger partial charge on any atom is 0.502 e. The Labute approximate surface area is 135 Å². The summed E-state index contributed by atoms with van der Waals surface area (Å²) in [6.07, 6.45) is 0. The quantitative estimate of drug-likeness (QED) is 0.612. The molecule has 0 aromatic heterocycles. The van der Waals surface area contributed by atoms with Gasteiger partial charge in [-0.3, -0.25) is 0 Å². The average molecular weight is 352 g/mol. The monoisotopic (exact) mass is 351 g/mol. The Balaban J connectivity index is 5.71. The molecule has 0 aliphatic carbocycles. The first-order valence-corrected chi connectivity index (χ1v) is 17.0. The van der Waals surface area contributed by atoms with Crippen LogP contribution < -0.4 is 5.73 Å². The van der Waals surface area contributed by atoms with Gasteiger partial charge in [0.25, 0.3) is 0 Å². The second-order valence-corrected chi connectivity index (χ2v) is 21.8. The van der Waals surface area contributed by atoms with Gasteiger partial charge in [-0.05, 0) is 27.3 Å². The first-order chi connectivity index (χ1) is 9.39. The van der Waals surface area contributed by atoms with E-state index in [0.29, 0.717) is 25.8 Å². The van der Waals surface area contributed by atoms with E-state index in [1.165, 1.54) is 0 Å². The third-order valence-electron chi connectivity index (χ3n) is 4.40. The van der Waals surface area contributed by atoms with Gasteiger partial charge in [-0.15, -0.1) is 0 Å². The third kappa shape index (κ3) is 5.26. The van der Waals surface area contributed by atoms with Crippen LogP contribution in [0.25, 0.3) is 0 Å². The molecular formula is C14H37NO3Si3. The van der Waals surface area contributed by atoms with Crippen molar-refractivity contribution in [1.29, 1.82) is 0 Å². The molecule has 0 fully saturated rings. The topological polar surface area (TPSA) is 53.7 Å². The first-order valence-electron chi connectivity index (χ1n) is 8.07. The molecule has 0 aliphatic heterocycles. The Hall–Kier alpha value is 0.491. The zero-order valence-corrected chi connectivity index (χ0v) is 18.6. The maximum atomic E-state index is 6.81. The van der Waals surface area contributed by atoms with Crippen LogP contribution in [-0.4, -0.2) is 49.6 Å². The lowest BCUT2D eigenvalue weighted by molar-refractivity contribution is 0.0420. The van der Waals surface area contributed by atoms with Gasteiger partial charge in [0.2, 0.25) is 0 Å². The first kappa shape index (κ1) is 21.5. The van der Waals surface area contributed by atoms with Gasteiger partial charge < -0.3 is 19.0 Å². The van der Waals surface area contributed by atoms with E-state index in [1.807, 2.05) is 13.8 Å². The second-order valence-electron chi connectivity index (χ2n) is 7.72. The van der Waals surface area contributed by atoms with Crippen molar-refractivity contribution in [3.63, 3.8) is 0 Å². The van der Waals surface area contributed by atoms with Gasteiger partial charge in [0.05, 0.1) is 16.1 Å². The van der Waals surface area contributed by atoms with Crippen molar-refractivity contribution in [2.45, 2.75) is 70.9 Å². The number of rotatable bonds is 10. The summed E-state index contributed by atoms with van der Waals surface area (Å²) in [4.78, 5) is -0.105. The highest BCUT2D eigenvalue weighted by atomic mass is 28.4. The Morgan fingerprint density at radius 3 is 1.48 bits per heavy atom. The Morgan fingerprint density at radius 2 is 1.24 bits per heavy atom. The molecule has 7 heteroatoms. The summed E-state index contributed by atoms with van der Waals surface area (Å²) in [5, 5.41) is 0. The van der Waals surface area contributed by atoms with E-state index in [-0.39, 0.29) is 4.85 Å². The molecule has 0 radical (unpaired) electrons. The van der Waals surface area contributed by atoms with E-state index in [9.17, 15) is 0 Å². The molecule has 2 N–H and O–H groups in total. The van der Waals surface area contributed by atoms with Gasteiger partial charge in [-0.25, -0.2) is 0 Å². The third-order valence-corrected chi connectivity index (χ3v) is 18.3. The van der Waals surface area contributed by atoms with Crippen molar-refractivity contribution < 1.29 is 13.3 Å². The molecule has 0 unspecified atom stereocenters. The summed E-state index contributed by atoms with van der Waals surface area (Å²) in [5.41, 5.74) is 5.83. The van der Waals surface area contributed by atoms with E-state index in [0.717, 1.165) is 0 Å². The molecular weight excluding hydrogens is 314 g/mol. The van der Waals surface area contributed by atoms with Crippen LogP contribution >= 0.6 is 0 Å². The Morgan fingerprint density at radius 1 is 0.857 bits per heavy atom. The summed E-state index contributed by atoms with van der Waals surface area (Å²) in [7, 11) is -5.85. The van der Waals surface area contributed by atoms with Crippen LogP contribution in [0.3, 0.4) is 0 Å². The minimum atomic E-state index is -2.71. The highest BCUT2D eigenvalue weighted by molar-refractivity contribution is 6.99. The molecule has 0 rings (SSSR count). The summed E-state index contributed by atoms with van der Waals surface area (Å²) in [6, 6.07) is 0.694. The normalized spacial score (nSPS) is 14.6. The molecule has 0 atom stereocenters. The molecule has 0 amide bonds. The SMILES string of the molecule is CCO[Si](CCN)(OCC)OC(C)([Si](C)(C)C)[Si](C)(C)C. The predicted octanol–water partition coefficient (Wildman–Crippen LogP) is 3.49. The summed E-state index contributed by atoms with van der Waals surface area (Å²) in [5.74, 6) is 0. The van der Waals surface area contributed by atoms with Crippen LogP contribution in [0.1, 0.15) is 20.8 Å². The minimum absolute atomic E-state index is 0.105. The average Bonchev–Trinajstić information content (AvgIpc) is 2.26. The van der Waals surface area contributed by atoms with Crippen molar-refractivity contribution in [1.82, 2.24) is 0 Å². The summed E-state index contributed by atoms with van der Waals surface area (Å²) in [6.45, 7) is 22.3. The lowest BCUT2D eigenvalue weighted by Gasteiger charge is -2.52. The molecule has 0 saturated carbocycles. The van der Waals surface area contributed by atoms with Gasteiger partial charge in [0.15, 0.2) is 0 Å². The van der Waals surface area contributed by atoms with Crippen molar-refractivity contribution in [3.8, 4) is 0 Å². The Kier molecular flexibility index (Phi) is 8.03. The van der Waals surface area contributed by atoms with E-state index in [1.54, 1.807) is 0 Å². The highest BCUT2D eigenvalue weighted by Crippen LogP contribution is 2.38. The molecule has 0 bridgehead atoms. The molecule has 0 heterocycles. The second kappa shape index (κ2) is 7.85. The highest BCUT2D eigenvalue weighted by Gasteiger charge is 2.56. The molecule has 0 spiro atoms. The molecule has 0 aromatic rings. The van der Waals surface area contributed by atoms with Crippen molar-refractivity contribution >= 4 is 25.0 Å². The van der Waals surface area contributed by atoms with E-state index in [4.69, 9.17) is 19.0 Å². The summed E-state index contributed by atoms with van der Waals surface area (Å²) >= 11 is 0. The predicted molar refractivity (Wildman–Crippen MR) is 99.0 cm³/mol. The smallest absolute Gasteiger partial charge is 0.374 e. The van der Waals surface area contributed by atoms with Crippen LogP contribution in [0.2, 0.25) is 45.3 Å². The zero-order valence-electron chi connectivity index (χ0n) is 15.6. The fraction of sp³-hybridized carbons (Fsp3) is 1.00. The fourth-order valence-corrected chi connectivity index (χ4v) is 17.5. The molecule has 0 aromatic carbocycles. The number of hydrogen-bond acceptors (Lipinski definition) is 4. The van der Waals surface area contributed by atoms with Crippen LogP contribution in [0, 0.1) is 0 Å². The zero-order chi connectivity index (χ0) is 16.9. The fourth-order valence-electron chi connectivity index (χ4n) is 2.65. The minimum Gasteiger partial charge on any atom is -0.374 e. The Bertz CT molecular complexity index is 283. The molecule has 0 aliphatic rings. The van der Waals surface area contributed by atoms with Crippen molar-refractivity contribution in [2.24, 2.45) is 5.73 Å². The molecule has 0 saturated heterocycles. The van der Waals surface area contributed by atoms with E-state index in [2.05, 4.69) is 46.2 Å². The standard InChI is InChI=1S/C14H37NO3Si3/c1-10-16-21(13-12-15,17-11-2)18-14(3,19(4,5)6)20(7,8)9/h10-13,15H2,1-9H3. The lowest BCUT2D eigenvalue weighted by Crippen LogP contribution is -2.71. The number of nitrogens with two attached hydrogens (primary N) is 1. The summed E-state index contributed by atoms with van der Waals surface area (Å²) < 4.78 is 18.9. The van der Waals surface area contributed by atoms with Crippen LogP contribution in [-0.2, 0) is 13.3 Å². The van der Waals surface area contributed by atoms with E-state index < -0.39 is 25.0 Å². The lowest BCUT2D eigenvalue weighted by atomic mass is 10.8. The molecule has 4 nitrogen and oxygen atoms in total. The van der Waals surface area contributed by atoms with Gasteiger partial charge >= 0.3 is 8.80 Å². The largest absolute Gasteiger partial charge is 0.502 e. The van der Waals surface area contributed by atoms with Crippen LogP contribution in [0.15, 0.2) is 0 Å². The van der Waals surface area contributed by atoms with Gasteiger partial charge in [0, 0.05) is 24.1 Å². The van der Waals surface area contributed by atoms with Gasteiger partial charge in [-0.1, -0.05) is 39.3 Å². The number of hydrogen-bond donors (Lipinski definition) is 1. The molecule has 21 heavy (non-hydrogen) atoms. The van der Waals surface area contributed by atoms with Crippen molar-refractivity contribution in [3.05, 3.63) is 0 Å². The van der Waals surface area contributed by atoms with Gasteiger partial charge in [0.1, 0.15) is 0 Å². The van der Waals surface area contributed by atoms with Crippen LogP contribution in [0.4, 0.5) is 0 Å². The van der Waals surface area contributed by atoms with E-state index >= 15 is 0 Å². The van der Waals surface area contributed by atoms with Crippen LogP contribution in [0.5, 0.6) is 0 Å². The molecule has 128 valence electrons. The van der Waals surface area contributed by atoms with Gasteiger partial charge in [-0.2, -0.15) is 0 Å². The van der Waals surface area contributed by atoms with Crippen molar-refractivity contribution in [2.75, 3.05) is 19.8 Å². The maximum absolute atomic E-state index is 6.81.